The van der Waals surface area contributed by atoms with E-state index in [1.807, 2.05) is 43.3 Å². The van der Waals surface area contributed by atoms with Crippen molar-refractivity contribution in [1.82, 2.24) is 15.1 Å². The summed E-state index contributed by atoms with van der Waals surface area (Å²) in [4.78, 5) is 40.9. The molecule has 162 valence electrons. The number of hydrogen-bond donors (Lipinski definition) is 1. The summed E-state index contributed by atoms with van der Waals surface area (Å²) in [5, 5.41) is 2.93. The maximum Gasteiger partial charge on any atom is 0.312 e. The molecule has 3 amide bonds. The van der Waals surface area contributed by atoms with E-state index >= 15 is 0 Å². The number of rotatable bonds is 6. The summed E-state index contributed by atoms with van der Waals surface area (Å²) in [6.07, 6.45) is 4.29. The Hall–Kier alpha value is -3.15. The van der Waals surface area contributed by atoms with Gasteiger partial charge in [0, 0.05) is 37.8 Å². The average molecular weight is 420 g/mol. The molecule has 0 unspecified atom stereocenters. The van der Waals surface area contributed by atoms with Gasteiger partial charge in [-0.05, 0) is 43.0 Å². The lowest BCUT2D eigenvalue weighted by molar-refractivity contribution is -0.158. The summed E-state index contributed by atoms with van der Waals surface area (Å²) >= 11 is 0. The second-order valence-corrected chi connectivity index (χ2v) is 8.53. The molecule has 2 aromatic rings. The number of benzene rings is 2. The third-order valence-corrected chi connectivity index (χ3v) is 6.27. The van der Waals surface area contributed by atoms with E-state index in [1.54, 1.807) is 21.9 Å². The van der Waals surface area contributed by atoms with Crippen LogP contribution in [-0.4, -0.2) is 46.7 Å². The zero-order valence-corrected chi connectivity index (χ0v) is 18.0. The maximum absolute atomic E-state index is 12.6. The van der Waals surface area contributed by atoms with Crippen LogP contribution in [-0.2, 0) is 22.7 Å². The summed E-state index contributed by atoms with van der Waals surface area (Å²) in [6, 6.07) is 15.5. The first-order valence-corrected chi connectivity index (χ1v) is 11.0. The van der Waals surface area contributed by atoms with E-state index in [-0.39, 0.29) is 17.9 Å². The van der Waals surface area contributed by atoms with E-state index in [0.29, 0.717) is 31.7 Å². The zero-order valence-electron chi connectivity index (χ0n) is 18.0. The summed E-state index contributed by atoms with van der Waals surface area (Å²) < 4.78 is 0. The molecule has 2 fully saturated rings. The molecule has 2 aliphatic rings. The van der Waals surface area contributed by atoms with E-state index in [1.165, 1.54) is 5.56 Å². The Bertz CT molecular complexity index is 947. The first kappa shape index (κ1) is 21.1. The monoisotopic (exact) mass is 419 g/mol. The summed E-state index contributed by atoms with van der Waals surface area (Å²) in [5.41, 5.74) is 3.72. The van der Waals surface area contributed by atoms with Crippen LogP contribution in [0.1, 0.15) is 52.7 Å². The fourth-order valence-electron chi connectivity index (χ4n) is 4.38. The topological polar surface area (TPSA) is 69.7 Å². The van der Waals surface area contributed by atoms with E-state index in [4.69, 9.17) is 0 Å². The predicted octanol–water partition coefficient (Wildman–Crippen LogP) is 3.04. The minimum Gasteiger partial charge on any atom is -0.348 e. The highest BCUT2D eigenvalue weighted by molar-refractivity contribution is 6.35. The van der Waals surface area contributed by atoms with Crippen LogP contribution in [0.4, 0.5) is 0 Å². The average Bonchev–Trinajstić information content (AvgIpc) is 3.31. The van der Waals surface area contributed by atoms with Crippen LogP contribution < -0.4 is 5.32 Å². The van der Waals surface area contributed by atoms with Gasteiger partial charge in [0.1, 0.15) is 0 Å². The van der Waals surface area contributed by atoms with Crippen LogP contribution in [0.2, 0.25) is 0 Å². The number of hydrogen-bond acceptors (Lipinski definition) is 3. The minimum absolute atomic E-state index is 0.136. The van der Waals surface area contributed by atoms with Gasteiger partial charge in [-0.15, -0.1) is 0 Å². The smallest absolute Gasteiger partial charge is 0.312 e. The maximum atomic E-state index is 12.6. The van der Waals surface area contributed by atoms with E-state index in [9.17, 15) is 14.4 Å². The van der Waals surface area contributed by atoms with Crippen molar-refractivity contribution in [2.24, 2.45) is 0 Å². The van der Waals surface area contributed by atoms with Crippen LogP contribution in [0.3, 0.4) is 0 Å². The van der Waals surface area contributed by atoms with Gasteiger partial charge in [0.25, 0.3) is 5.91 Å². The highest BCUT2D eigenvalue weighted by Crippen LogP contribution is 2.25. The van der Waals surface area contributed by atoms with Crippen molar-refractivity contribution in [2.45, 2.75) is 51.7 Å². The molecule has 4 rings (SSSR count). The Morgan fingerprint density at radius 3 is 2.23 bits per heavy atom. The Labute approximate surface area is 183 Å². The standard InChI is InChI=1S/C25H29N3O3/c1-18-6-8-19(9-7-18)16-26-23(29)21-12-10-20(11-13-21)17-27-14-15-28(25(31)24(27)30)22-4-2-3-5-22/h6-13,22H,2-5,14-17H2,1H3,(H,26,29). The van der Waals surface area contributed by atoms with Crippen LogP contribution >= 0.6 is 0 Å². The van der Waals surface area contributed by atoms with Crippen molar-refractivity contribution >= 4 is 17.7 Å². The first-order valence-electron chi connectivity index (χ1n) is 11.0. The summed E-state index contributed by atoms with van der Waals surface area (Å²) in [5.74, 6) is -0.924. The SMILES string of the molecule is Cc1ccc(CNC(=O)c2ccc(CN3CCN(C4CCCC4)C(=O)C3=O)cc2)cc1. The molecule has 0 radical (unpaired) electrons. The Morgan fingerprint density at radius 2 is 1.55 bits per heavy atom. The van der Waals surface area contributed by atoms with E-state index < -0.39 is 5.91 Å². The number of nitrogens with one attached hydrogen (secondary N) is 1. The molecule has 1 heterocycles. The Kier molecular flexibility index (Phi) is 6.35. The quantitative estimate of drug-likeness (QED) is 0.732. The van der Waals surface area contributed by atoms with Gasteiger partial charge in [0.15, 0.2) is 0 Å². The molecule has 0 aromatic heterocycles. The number of amides is 3. The van der Waals surface area contributed by atoms with Crippen molar-refractivity contribution in [3.05, 3.63) is 70.8 Å². The van der Waals surface area contributed by atoms with Crippen LogP contribution in [0, 0.1) is 6.92 Å². The summed E-state index contributed by atoms with van der Waals surface area (Å²) in [6.45, 7) is 4.05. The third-order valence-electron chi connectivity index (χ3n) is 6.27. The second kappa shape index (κ2) is 9.33. The second-order valence-electron chi connectivity index (χ2n) is 8.53. The van der Waals surface area contributed by atoms with Crippen molar-refractivity contribution < 1.29 is 14.4 Å². The van der Waals surface area contributed by atoms with Gasteiger partial charge in [-0.1, -0.05) is 54.8 Å². The van der Waals surface area contributed by atoms with Gasteiger partial charge in [-0.25, -0.2) is 0 Å². The molecule has 0 atom stereocenters. The molecule has 6 nitrogen and oxygen atoms in total. The number of nitrogens with zero attached hydrogens (tertiary/aromatic N) is 2. The van der Waals surface area contributed by atoms with Crippen molar-refractivity contribution in [3.63, 3.8) is 0 Å². The third kappa shape index (κ3) is 4.95. The Balaban J connectivity index is 1.31. The molecular weight excluding hydrogens is 390 g/mol. The van der Waals surface area contributed by atoms with Gasteiger partial charge in [0.2, 0.25) is 0 Å². The fourth-order valence-corrected chi connectivity index (χ4v) is 4.38. The van der Waals surface area contributed by atoms with Crippen molar-refractivity contribution in [2.75, 3.05) is 13.1 Å². The van der Waals surface area contributed by atoms with Crippen molar-refractivity contribution in [1.29, 1.82) is 0 Å². The van der Waals surface area contributed by atoms with Gasteiger partial charge >= 0.3 is 11.8 Å². The lowest BCUT2D eigenvalue weighted by Gasteiger charge is -2.37. The normalized spacial score (nSPS) is 17.3. The highest BCUT2D eigenvalue weighted by atomic mass is 16.2. The van der Waals surface area contributed by atoms with Crippen LogP contribution in [0.25, 0.3) is 0 Å². The van der Waals surface area contributed by atoms with Gasteiger partial charge in [-0.2, -0.15) is 0 Å². The number of carbonyl (C=O) groups excluding carboxylic acids is 3. The molecule has 2 aromatic carbocycles. The predicted molar refractivity (Wildman–Crippen MR) is 118 cm³/mol. The zero-order chi connectivity index (χ0) is 21.8. The van der Waals surface area contributed by atoms with Gasteiger partial charge < -0.3 is 15.1 Å². The van der Waals surface area contributed by atoms with Crippen LogP contribution in [0.5, 0.6) is 0 Å². The van der Waals surface area contributed by atoms with E-state index in [0.717, 1.165) is 36.8 Å². The molecule has 31 heavy (non-hydrogen) atoms. The van der Waals surface area contributed by atoms with Gasteiger partial charge in [0.05, 0.1) is 0 Å². The minimum atomic E-state index is -0.418. The van der Waals surface area contributed by atoms with Crippen molar-refractivity contribution in [3.8, 4) is 0 Å². The highest BCUT2D eigenvalue weighted by Gasteiger charge is 2.37. The lowest BCUT2D eigenvalue weighted by atomic mass is 10.1. The van der Waals surface area contributed by atoms with E-state index in [2.05, 4.69) is 5.32 Å². The molecule has 1 aliphatic heterocycles. The number of piperazine rings is 1. The molecule has 1 aliphatic carbocycles. The molecule has 6 heteroatoms. The Morgan fingerprint density at radius 1 is 0.903 bits per heavy atom. The molecule has 0 spiro atoms. The summed E-state index contributed by atoms with van der Waals surface area (Å²) in [7, 11) is 0. The molecule has 1 saturated heterocycles. The fraction of sp³-hybridized carbons (Fsp3) is 0.400. The first-order chi connectivity index (χ1) is 15.0. The lowest BCUT2D eigenvalue weighted by Crippen LogP contribution is -2.56. The molecular formula is C25H29N3O3. The number of carbonyl (C=O) groups is 3. The number of aryl methyl sites for hydroxylation is 1. The molecule has 1 N–H and O–H groups in total. The molecule has 0 bridgehead atoms. The van der Waals surface area contributed by atoms with Gasteiger partial charge in [-0.3, -0.25) is 14.4 Å². The van der Waals surface area contributed by atoms with Crippen LogP contribution in [0.15, 0.2) is 48.5 Å². The largest absolute Gasteiger partial charge is 0.348 e. The molecule has 1 saturated carbocycles.